The van der Waals surface area contributed by atoms with Crippen LogP contribution in [-0.2, 0) is 24.1 Å². The summed E-state index contributed by atoms with van der Waals surface area (Å²) in [5, 5.41) is 5.12. The molecule has 0 N–H and O–H groups in total. The van der Waals surface area contributed by atoms with E-state index in [0.29, 0.717) is 5.92 Å². The van der Waals surface area contributed by atoms with Crippen LogP contribution in [0.3, 0.4) is 0 Å². The van der Waals surface area contributed by atoms with Crippen LogP contribution in [0.4, 0.5) is 0 Å². The summed E-state index contributed by atoms with van der Waals surface area (Å²) in [5.74, 6) is 0.492. The molecule has 1 heteroatoms. The lowest BCUT2D eigenvalue weighted by molar-refractivity contribution is -0.108. The minimum atomic E-state index is -0.341. The molecular formula is C70H50O. The van der Waals surface area contributed by atoms with Gasteiger partial charge in [-0.3, -0.25) is 0 Å². The lowest BCUT2D eigenvalue weighted by Gasteiger charge is -2.29. The largest absolute Gasteiger partial charge is 0.302 e. The molecule has 3 unspecified atom stereocenters. The first-order valence-electron chi connectivity index (χ1n) is 25.3. The molecule has 0 amide bonds. The van der Waals surface area contributed by atoms with Crippen molar-refractivity contribution < 1.29 is 4.79 Å². The lowest BCUT2D eigenvalue weighted by atomic mass is 9.74. The third kappa shape index (κ3) is 6.94. The average Bonchev–Trinajstić information content (AvgIpc) is 3.92. The summed E-state index contributed by atoms with van der Waals surface area (Å²) in [6, 6.07) is 87.7. The van der Waals surface area contributed by atoms with Gasteiger partial charge in [0.2, 0.25) is 0 Å². The molecule has 3 aliphatic carbocycles. The summed E-state index contributed by atoms with van der Waals surface area (Å²) >= 11 is 0. The van der Waals surface area contributed by atoms with Crippen LogP contribution in [0.5, 0.6) is 0 Å². The van der Waals surface area contributed by atoms with Gasteiger partial charge in [-0.15, -0.1) is 0 Å². The molecule has 0 saturated heterocycles. The van der Waals surface area contributed by atoms with Crippen LogP contribution in [0.1, 0.15) is 84.9 Å². The minimum Gasteiger partial charge on any atom is -0.302 e. The number of benzene rings is 11. The second kappa shape index (κ2) is 16.9. The number of hydrogen-bond donors (Lipinski definition) is 0. The Morgan fingerprint density at radius 3 is 1.55 bits per heavy atom. The fourth-order valence-electron chi connectivity index (χ4n) is 12.9. The molecule has 0 aliphatic heterocycles. The molecule has 71 heavy (non-hydrogen) atoms. The Bertz CT molecular complexity index is 3850. The van der Waals surface area contributed by atoms with Crippen molar-refractivity contribution in [2.45, 2.75) is 42.9 Å². The first-order valence-corrected chi connectivity index (χ1v) is 25.3. The zero-order valence-corrected chi connectivity index (χ0v) is 39.4. The van der Waals surface area contributed by atoms with Gasteiger partial charge in [0.1, 0.15) is 6.29 Å². The lowest BCUT2D eigenvalue weighted by Crippen LogP contribution is -2.13. The average molecular weight is 907 g/mol. The standard InChI is InChI=1S/C70H50O/c71-43-70(47-28-25-44(26-29-47)37-67-61-23-11-12-24-62(61)69-42-51(35-36-63(67)69)66-40-49-13-1-2-14-52(49)53-15-3-6-18-56(53)66)48-33-31-46(32-34-48)65-41-50-30-27-45(38-64(50)57-19-7-8-20-58(57)65)39-68-59-21-9-4-16-54(59)55-17-5-10-22-60(55)68/h1-36,38,40,42-43,65,67-68,70H,37,39,41H2. The summed E-state index contributed by atoms with van der Waals surface area (Å²) in [6.07, 6.45) is 3.92. The van der Waals surface area contributed by atoms with Crippen LogP contribution < -0.4 is 0 Å². The van der Waals surface area contributed by atoms with Gasteiger partial charge in [-0.1, -0.05) is 224 Å². The molecule has 11 aromatic rings. The van der Waals surface area contributed by atoms with E-state index in [1.165, 1.54) is 116 Å². The Labute approximate surface area is 415 Å². The highest BCUT2D eigenvalue weighted by molar-refractivity contribution is 6.14. The van der Waals surface area contributed by atoms with Crippen molar-refractivity contribution in [3.63, 3.8) is 0 Å². The van der Waals surface area contributed by atoms with Gasteiger partial charge in [0.15, 0.2) is 0 Å². The Morgan fingerprint density at radius 2 is 0.887 bits per heavy atom. The Balaban J connectivity index is 0.705. The summed E-state index contributed by atoms with van der Waals surface area (Å²) in [6.45, 7) is 0. The van der Waals surface area contributed by atoms with E-state index in [1.807, 2.05) is 0 Å². The molecule has 0 fully saturated rings. The van der Waals surface area contributed by atoms with Crippen molar-refractivity contribution in [2.75, 3.05) is 0 Å². The summed E-state index contributed by atoms with van der Waals surface area (Å²) in [5.41, 5.74) is 24.9. The van der Waals surface area contributed by atoms with Gasteiger partial charge in [-0.2, -0.15) is 0 Å². The predicted octanol–water partition coefficient (Wildman–Crippen LogP) is 17.1. The van der Waals surface area contributed by atoms with Gasteiger partial charge in [0, 0.05) is 17.8 Å². The van der Waals surface area contributed by atoms with Crippen molar-refractivity contribution in [2.24, 2.45) is 0 Å². The summed E-state index contributed by atoms with van der Waals surface area (Å²) in [7, 11) is 0. The van der Waals surface area contributed by atoms with Gasteiger partial charge < -0.3 is 4.79 Å². The number of aldehydes is 1. The van der Waals surface area contributed by atoms with Gasteiger partial charge in [0.05, 0.1) is 5.92 Å². The maximum Gasteiger partial charge on any atom is 0.131 e. The highest BCUT2D eigenvalue weighted by Crippen LogP contribution is 2.50. The third-order valence-electron chi connectivity index (χ3n) is 16.4. The van der Waals surface area contributed by atoms with Crippen LogP contribution in [0.2, 0.25) is 0 Å². The highest BCUT2D eigenvalue weighted by atomic mass is 16.1. The molecule has 14 rings (SSSR count). The fourth-order valence-corrected chi connectivity index (χ4v) is 12.9. The number of carbonyl (C=O) groups is 1. The normalized spacial score (nSPS) is 15.6. The Hall–Kier alpha value is -8.39. The van der Waals surface area contributed by atoms with E-state index in [9.17, 15) is 4.79 Å². The molecule has 0 saturated carbocycles. The van der Waals surface area contributed by atoms with E-state index >= 15 is 0 Å². The first-order chi connectivity index (χ1) is 35.1. The predicted molar refractivity (Wildman–Crippen MR) is 294 cm³/mol. The van der Waals surface area contributed by atoms with Gasteiger partial charge in [-0.25, -0.2) is 0 Å². The number of rotatable bonds is 9. The van der Waals surface area contributed by atoms with Gasteiger partial charge in [-0.05, 0) is 159 Å². The molecular weight excluding hydrogens is 857 g/mol. The molecule has 0 spiro atoms. The molecule has 11 aromatic carbocycles. The molecule has 0 bridgehead atoms. The van der Waals surface area contributed by atoms with Gasteiger partial charge >= 0.3 is 0 Å². The molecule has 1 nitrogen and oxygen atoms in total. The van der Waals surface area contributed by atoms with E-state index in [2.05, 4.69) is 237 Å². The quantitative estimate of drug-likeness (QED) is 0.104. The van der Waals surface area contributed by atoms with Crippen LogP contribution in [0.25, 0.3) is 66.1 Å². The summed E-state index contributed by atoms with van der Waals surface area (Å²) in [4.78, 5) is 13.0. The number of carbonyl (C=O) groups excluding carboxylic acids is 1. The van der Waals surface area contributed by atoms with Crippen LogP contribution in [0, 0.1) is 0 Å². The first kappa shape index (κ1) is 41.6. The Morgan fingerprint density at radius 1 is 0.380 bits per heavy atom. The van der Waals surface area contributed by atoms with Crippen molar-refractivity contribution >= 4 is 27.8 Å². The maximum absolute atomic E-state index is 13.0. The maximum atomic E-state index is 13.0. The Kier molecular flexibility index (Phi) is 9.91. The van der Waals surface area contributed by atoms with E-state index in [-0.39, 0.29) is 17.8 Å². The summed E-state index contributed by atoms with van der Waals surface area (Å²) < 4.78 is 0. The van der Waals surface area contributed by atoms with Crippen molar-refractivity contribution in [3.05, 3.63) is 298 Å². The number of hydrogen-bond acceptors (Lipinski definition) is 1. The van der Waals surface area contributed by atoms with E-state index < -0.39 is 0 Å². The SMILES string of the molecule is O=CC(c1ccc(CC2c3ccccc3-c3cc(-c4cc5ccccc5c5ccccc45)ccc32)cc1)c1ccc(C2Cc3ccc(CC4c5ccccc5-c5ccccc54)cc3-c3ccccc32)cc1. The third-order valence-corrected chi connectivity index (χ3v) is 16.4. The highest BCUT2D eigenvalue weighted by Gasteiger charge is 2.32. The molecule has 0 aromatic heterocycles. The molecule has 3 aliphatic rings. The molecule has 0 radical (unpaired) electrons. The zero-order valence-electron chi connectivity index (χ0n) is 39.4. The van der Waals surface area contributed by atoms with E-state index in [0.717, 1.165) is 36.7 Å². The van der Waals surface area contributed by atoms with Crippen LogP contribution in [-0.4, -0.2) is 6.29 Å². The monoisotopic (exact) mass is 906 g/mol. The topological polar surface area (TPSA) is 17.1 Å². The minimum absolute atomic E-state index is 0.233. The van der Waals surface area contributed by atoms with Crippen LogP contribution >= 0.6 is 0 Å². The van der Waals surface area contributed by atoms with Crippen LogP contribution in [0.15, 0.2) is 237 Å². The van der Waals surface area contributed by atoms with Crippen molar-refractivity contribution in [3.8, 4) is 44.5 Å². The number of fused-ring (bicyclic) bond motifs is 12. The van der Waals surface area contributed by atoms with Crippen molar-refractivity contribution in [1.29, 1.82) is 0 Å². The zero-order chi connectivity index (χ0) is 47.0. The van der Waals surface area contributed by atoms with Crippen molar-refractivity contribution in [1.82, 2.24) is 0 Å². The molecule has 3 atom stereocenters. The fraction of sp³-hybridized carbons (Fsp3) is 0.100. The second-order valence-electron chi connectivity index (χ2n) is 20.1. The molecule has 0 heterocycles. The second-order valence-corrected chi connectivity index (χ2v) is 20.1. The molecule has 336 valence electrons. The van der Waals surface area contributed by atoms with Gasteiger partial charge in [0.25, 0.3) is 0 Å². The smallest absolute Gasteiger partial charge is 0.131 e. The van der Waals surface area contributed by atoms with E-state index in [4.69, 9.17) is 0 Å². The van der Waals surface area contributed by atoms with E-state index in [1.54, 1.807) is 0 Å².